The second-order valence-electron chi connectivity index (χ2n) is 8.76. The molecule has 1 saturated heterocycles. The van der Waals surface area contributed by atoms with E-state index in [1.807, 2.05) is 0 Å². The molecule has 162 valence electrons. The van der Waals surface area contributed by atoms with Crippen LogP contribution in [0.5, 0.6) is 0 Å². The average molecular weight is 414 g/mol. The standard InChI is InChI=1S/C29H35NO/c1-2-3-4-5-6-16-23-29(26-19-12-8-13-20-26)24-28(25-17-10-7-11-18-25)30(31-29)27-21-14-9-15-22-27/h7-15,17-22,28H,2-6,16,23-24H2,1H3. The third kappa shape index (κ3) is 5.19. The molecule has 0 aliphatic carbocycles. The number of unbranched alkanes of at least 4 members (excludes halogenated alkanes) is 5. The van der Waals surface area contributed by atoms with Gasteiger partial charge in [0.05, 0.1) is 11.7 Å². The monoisotopic (exact) mass is 413 g/mol. The Bertz CT molecular complexity index is 846. The molecule has 0 saturated carbocycles. The van der Waals surface area contributed by atoms with E-state index in [2.05, 4.69) is 103 Å². The van der Waals surface area contributed by atoms with Gasteiger partial charge in [-0.1, -0.05) is 124 Å². The minimum Gasteiger partial charge on any atom is -0.261 e. The lowest BCUT2D eigenvalue weighted by molar-refractivity contribution is -0.0263. The van der Waals surface area contributed by atoms with E-state index in [-0.39, 0.29) is 11.6 Å². The van der Waals surface area contributed by atoms with E-state index in [1.54, 1.807) is 0 Å². The van der Waals surface area contributed by atoms with Gasteiger partial charge in [0.1, 0.15) is 5.60 Å². The summed E-state index contributed by atoms with van der Waals surface area (Å²) in [7, 11) is 0. The second-order valence-corrected chi connectivity index (χ2v) is 8.76. The number of hydrogen-bond donors (Lipinski definition) is 0. The zero-order chi connectivity index (χ0) is 21.4. The summed E-state index contributed by atoms with van der Waals surface area (Å²) in [6, 6.07) is 32.5. The lowest BCUT2D eigenvalue weighted by Crippen LogP contribution is -2.28. The highest BCUT2D eigenvalue weighted by atomic mass is 16.7. The van der Waals surface area contributed by atoms with Gasteiger partial charge < -0.3 is 0 Å². The Balaban J connectivity index is 1.63. The topological polar surface area (TPSA) is 12.5 Å². The average Bonchev–Trinajstić information content (AvgIpc) is 3.24. The normalized spacial score (nSPS) is 20.8. The van der Waals surface area contributed by atoms with Gasteiger partial charge in [0.15, 0.2) is 0 Å². The van der Waals surface area contributed by atoms with Crippen LogP contribution in [0.1, 0.15) is 75.5 Å². The summed E-state index contributed by atoms with van der Waals surface area (Å²) in [6.07, 6.45) is 9.80. The summed E-state index contributed by atoms with van der Waals surface area (Å²) in [5.74, 6) is 0. The highest BCUT2D eigenvalue weighted by Crippen LogP contribution is 2.50. The number of hydroxylamine groups is 1. The second kappa shape index (κ2) is 10.6. The quantitative estimate of drug-likeness (QED) is 0.310. The first-order valence-corrected chi connectivity index (χ1v) is 12.0. The Kier molecular flexibility index (Phi) is 7.43. The van der Waals surface area contributed by atoms with E-state index in [1.165, 1.54) is 49.7 Å². The summed E-state index contributed by atoms with van der Waals surface area (Å²) >= 11 is 0. The molecule has 0 bridgehead atoms. The van der Waals surface area contributed by atoms with Crippen LogP contribution in [-0.4, -0.2) is 0 Å². The number of anilines is 1. The van der Waals surface area contributed by atoms with Crippen LogP contribution in [-0.2, 0) is 10.4 Å². The van der Waals surface area contributed by atoms with Crippen molar-refractivity contribution in [2.75, 3.05) is 5.06 Å². The number of benzene rings is 3. The van der Waals surface area contributed by atoms with Gasteiger partial charge in [0, 0.05) is 6.42 Å². The van der Waals surface area contributed by atoms with Gasteiger partial charge in [0.25, 0.3) is 0 Å². The van der Waals surface area contributed by atoms with Crippen LogP contribution in [0, 0.1) is 0 Å². The van der Waals surface area contributed by atoms with Gasteiger partial charge in [-0.3, -0.25) is 4.84 Å². The Morgan fingerprint density at radius 1 is 0.742 bits per heavy atom. The van der Waals surface area contributed by atoms with Gasteiger partial charge in [-0.15, -0.1) is 0 Å². The molecule has 0 spiro atoms. The summed E-state index contributed by atoms with van der Waals surface area (Å²) in [6.45, 7) is 2.28. The molecule has 2 unspecified atom stereocenters. The molecule has 0 N–H and O–H groups in total. The van der Waals surface area contributed by atoms with Crippen LogP contribution in [0.4, 0.5) is 5.69 Å². The predicted molar refractivity (Wildman–Crippen MR) is 130 cm³/mol. The fraction of sp³-hybridized carbons (Fsp3) is 0.379. The van der Waals surface area contributed by atoms with Crippen molar-refractivity contribution in [3.63, 3.8) is 0 Å². The molecular weight excluding hydrogens is 378 g/mol. The molecule has 2 atom stereocenters. The van der Waals surface area contributed by atoms with Crippen LogP contribution < -0.4 is 5.06 Å². The molecule has 4 rings (SSSR count). The molecule has 0 radical (unpaired) electrons. The zero-order valence-corrected chi connectivity index (χ0v) is 18.7. The zero-order valence-electron chi connectivity index (χ0n) is 18.7. The lowest BCUT2D eigenvalue weighted by atomic mass is 9.82. The third-order valence-corrected chi connectivity index (χ3v) is 6.51. The Morgan fingerprint density at radius 2 is 1.32 bits per heavy atom. The van der Waals surface area contributed by atoms with Crippen molar-refractivity contribution in [1.29, 1.82) is 0 Å². The maximum atomic E-state index is 6.95. The van der Waals surface area contributed by atoms with Gasteiger partial charge >= 0.3 is 0 Å². The molecule has 1 aliphatic heterocycles. The molecule has 31 heavy (non-hydrogen) atoms. The summed E-state index contributed by atoms with van der Waals surface area (Å²) in [5, 5.41) is 2.17. The first-order chi connectivity index (χ1) is 15.3. The SMILES string of the molecule is CCCCCCCCC1(c2ccccc2)CC(c2ccccc2)N(c2ccccc2)O1. The van der Waals surface area contributed by atoms with Crippen LogP contribution in [0.25, 0.3) is 0 Å². The van der Waals surface area contributed by atoms with E-state index in [0.29, 0.717) is 0 Å². The van der Waals surface area contributed by atoms with Crippen molar-refractivity contribution < 1.29 is 4.84 Å². The van der Waals surface area contributed by atoms with E-state index >= 15 is 0 Å². The van der Waals surface area contributed by atoms with Crippen LogP contribution in [0.15, 0.2) is 91.0 Å². The summed E-state index contributed by atoms with van der Waals surface area (Å²) in [5.41, 5.74) is 3.44. The fourth-order valence-electron chi connectivity index (χ4n) is 4.82. The van der Waals surface area contributed by atoms with Gasteiger partial charge in [-0.25, -0.2) is 5.06 Å². The highest BCUT2D eigenvalue weighted by molar-refractivity contribution is 5.48. The Labute approximate surface area is 187 Å². The van der Waals surface area contributed by atoms with Gasteiger partial charge in [0.2, 0.25) is 0 Å². The van der Waals surface area contributed by atoms with E-state index in [0.717, 1.165) is 18.5 Å². The van der Waals surface area contributed by atoms with Crippen molar-refractivity contribution in [2.45, 2.75) is 69.9 Å². The largest absolute Gasteiger partial charge is 0.261 e. The van der Waals surface area contributed by atoms with E-state index in [9.17, 15) is 0 Å². The van der Waals surface area contributed by atoms with Crippen molar-refractivity contribution in [1.82, 2.24) is 0 Å². The molecule has 3 aromatic carbocycles. The van der Waals surface area contributed by atoms with Crippen molar-refractivity contribution in [3.05, 3.63) is 102 Å². The van der Waals surface area contributed by atoms with Crippen molar-refractivity contribution in [3.8, 4) is 0 Å². The molecule has 1 aliphatic rings. The highest BCUT2D eigenvalue weighted by Gasteiger charge is 2.47. The molecule has 0 aromatic heterocycles. The molecule has 2 nitrogen and oxygen atoms in total. The Morgan fingerprint density at radius 3 is 2.00 bits per heavy atom. The van der Waals surface area contributed by atoms with E-state index in [4.69, 9.17) is 4.84 Å². The van der Waals surface area contributed by atoms with Crippen LogP contribution >= 0.6 is 0 Å². The summed E-state index contributed by atoms with van der Waals surface area (Å²) in [4.78, 5) is 6.95. The molecule has 3 aromatic rings. The van der Waals surface area contributed by atoms with Crippen LogP contribution in [0.3, 0.4) is 0 Å². The lowest BCUT2D eigenvalue weighted by Gasteiger charge is -2.30. The Hall–Kier alpha value is -2.58. The van der Waals surface area contributed by atoms with Crippen molar-refractivity contribution >= 4 is 5.69 Å². The number of rotatable bonds is 10. The van der Waals surface area contributed by atoms with E-state index < -0.39 is 0 Å². The number of para-hydroxylation sites is 1. The molecule has 1 heterocycles. The van der Waals surface area contributed by atoms with Crippen LogP contribution in [0.2, 0.25) is 0 Å². The van der Waals surface area contributed by atoms with Gasteiger partial charge in [-0.05, 0) is 29.7 Å². The molecule has 2 heteroatoms. The maximum Gasteiger partial charge on any atom is 0.124 e. The molecular formula is C29H35NO. The molecule has 0 amide bonds. The smallest absolute Gasteiger partial charge is 0.124 e. The molecule has 1 fully saturated rings. The van der Waals surface area contributed by atoms with Crippen molar-refractivity contribution in [2.24, 2.45) is 0 Å². The first-order valence-electron chi connectivity index (χ1n) is 12.0. The predicted octanol–water partition coefficient (Wildman–Crippen LogP) is 8.22. The number of nitrogens with zero attached hydrogens (tertiary/aromatic N) is 1. The minimum absolute atomic E-state index is 0.198. The fourth-order valence-corrected chi connectivity index (χ4v) is 4.82. The first kappa shape index (κ1) is 21.6. The third-order valence-electron chi connectivity index (χ3n) is 6.51. The minimum atomic E-state index is -0.289. The van der Waals surface area contributed by atoms with Gasteiger partial charge in [-0.2, -0.15) is 0 Å². The number of hydrogen-bond acceptors (Lipinski definition) is 2. The summed E-state index contributed by atoms with van der Waals surface area (Å²) < 4.78 is 0. The maximum absolute atomic E-state index is 6.95.